The smallest absolute Gasteiger partial charge is 0.311 e. The maximum Gasteiger partial charge on any atom is 0.311 e. The number of aliphatic hydroxyl groups excluding tert-OH is 1. The van der Waals surface area contributed by atoms with Gasteiger partial charge in [-0.3, -0.25) is 14.4 Å². The highest BCUT2D eigenvalue weighted by atomic mass is 79.9. The monoisotopic (exact) mass is 652 g/mol. The second kappa shape index (κ2) is 12.4. The van der Waals surface area contributed by atoms with E-state index in [-0.39, 0.29) is 41.6 Å². The molecule has 3 unspecified atom stereocenters. The summed E-state index contributed by atoms with van der Waals surface area (Å²) in [5, 5.41) is 10.5. The maximum absolute atomic E-state index is 15.0. The summed E-state index contributed by atoms with van der Waals surface area (Å²) in [7, 11) is 0. The summed E-state index contributed by atoms with van der Waals surface area (Å²) in [5.41, 5.74) is 3.60. The second-order valence-corrected chi connectivity index (χ2v) is 14.0. The Hall–Kier alpha value is -2.88. The number of amides is 2. The van der Waals surface area contributed by atoms with Crippen molar-refractivity contribution in [2.24, 2.45) is 11.8 Å². The first-order valence-corrected chi connectivity index (χ1v) is 16.0. The Morgan fingerprint density at radius 1 is 1.17 bits per heavy atom. The van der Waals surface area contributed by atoms with Crippen molar-refractivity contribution >= 4 is 51.2 Å². The van der Waals surface area contributed by atoms with Crippen LogP contribution in [0.3, 0.4) is 0 Å². The number of likely N-dealkylation sites (tertiary alicyclic amines) is 1. The molecule has 2 aromatic rings. The second-order valence-electron chi connectivity index (χ2n) is 11.3. The molecule has 0 saturated carbocycles. The molecule has 7 atom stereocenters. The average Bonchev–Trinajstić information content (AvgIpc) is 3.57. The number of carbonyl (C=O) groups is 3. The largest absolute Gasteiger partial charge is 0.461 e. The zero-order chi connectivity index (χ0) is 30.2. The number of esters is 1. The van der Waals surface area contributed by atoms with Crippen LogP contribution in [0.1, 0.15) is 23.1 Å². The number of ether oxygens (including phenoxy) is 1. The predicted molar refractivity (Wildman–Crippen MR) is 170 cm³/mol. The number of halogens is 1. The van der Waals surface area contributed by atoms with Crippen molar-refractivity contribution < 1.29 is 24.2 Å². The molecule has 3 saturated heterocycles. The highest BCUT2D eigenvalue weighted by Crippen LogP contribution is 2.68. The van der Waals surface area contributed by atoms with E-state index in [1.165, 1.54) is 6.08 Å². The van der Waals surface area contributed by atoms with Gasteiger partial charge in [-0.15, -0.1) is 18.3 Å². The molecule has 222 valence electrons. The van der Waals surface area contributed by atoms with E-state index in [1.54, 1.807) is 27.6 Å². The van der Waals surface area contributed by atoms with E-state index >= 15 is 0 Å². The summed E-state index contributed by atoms with van der Waals surface area (Å²) in [6, 6.07) is 14.0. The Morgan fingerprint density at radius 2 is 1.86 bits per heavy atom. The lowest BCUT2D eigenvalue weighted by Crippen LogP contribution is -2.58. The van der Waals surface area contributed by atoms with Gasteiger partial charge in [-0.2, -0.15) is 0 Å². The summed E-state index contributed by atoms with van der Waals surface area (Å²) in [6.45, 7) is 11.5. The fraction of sp³-hybridized carbons (Fsp3) is 0.424. The number of nitrogens with zero attached hydrogens (tertiary/aromatic N) is 2. The topological polar surface area (TPSA) is 87.1 Å². The number of hydrogen-bond acceptors (Lipinski definition) is 6. The van der Waals surface area contributed by atoms with Crippen LogP contribution in [0.15, 0.2) is 73.8 Å². The molecule has 0 aromatic heterocycles. The number of rotatable bonds is 11. The van der Waals surface area contributed by atoms with Crippen molar-refractivity contribution in [2.45, 2.75) is 53.6 Å². The minimum atomic E-state index is -0.901. The van der Waals surface area contributed by atoms with E-state index in [4.69, 9.17) is 4.74 Å². The number of carbonyl (C=O) groups excluding carboxylic acids is 3. The number of anilines is 1. The van der Waals surface area contributed by atoms with E-state index in [0.29, 0.717) is 12.8 Å². The van der Waals surface area contributed by atoms with Gasteiger partial charge in [-0.05, 0) is 43.4 Å². The summed E-state index contributed by atoms with van der Waals surface area (Å²) in [5.74, 6) is -2.43. The van der Waals surface area contributed by atoms with Crippen molar-refractivity contribution in [2.75, 3.05) is 24.7 Å². The van der Waals surface area contributed by atoms with E-state index in [0.717, 1.165) is 22.4 Å². The molecule has 1 spiro atoms. The van der Waals surface area contributed by atoms with Crippen molar-refractivity contribution in [3.63, 3.8) is 0 Å². The van der Waals surface area contributed by atoms with E-state index in [1.807, 2.05) is 62.4 Å². The summed E-state index contributed by atoms with van der Waals surface area (Å²) in [6.07, 6.45) is 4.11. The fourth-order valence-electron chi connectivity index (χ4n) is 7.18. The molecule has 3 fully saturated rings. The molecule has 3 aliphatic rings. The summed E-state index contributed by atoms with van der Waals surface area (Å²) in [4.78, 5) is 46.3. The minimum Gasteiger partial charge on any atom is -0.461 e. The zero-order valence-electron chi connectivity index (χ0n) is 23.9. The van der Waals surface area contributed by atoms with Gasteiger partial charge in [0.05, 0.1) is 29.2 Å². The summed E-state index contributed by atoms with van der Waals surface area (Å²) < 4.78 is 4.64. The van der Waals surface area contributed by atoms with E-state index in [2.05, 4.69) is 29.1 Å². The third-order valence-electron chi connectivity index (χ3n) is 8.78. The van der Waals surface area contributed by atoms with Crippen LogP contribution in [-0.4, -0.2) is 74.5 Å². The van der Waals surface area contributed by atoms with Gasteiger partial charge in [-0.1, -0.05) is 83.2 Å². The average molecular weight is 654 g/mol. The minimum absolute atomic E-state index is 0.0482. The lowest BCUT2D eigenvalue weighted by atomic mass is 9.71. The molecule has 9 heteroatoms. The Kier molecular flexibility index (Phi) is 9.02. The van der Waals surface area contributed by atoms with Crippen molar-refractivity contribution in [3.8, 4) is 0 Å². The molecule has 42 heavy (non-hydrogen) atoms. The Labute approximate surface area is 260 Å². The molecule has 5 rings (SSSR count). The number of benzene rings is 2. The van der Waals surface area contributed by atoms with Crippen LogP contribution in [-0.2, 0) is 25.5 Å². The van der Waals surface area contributed by atoms with Crippen LogP contribution in [0, 0.1) is 25.7 Å². The molecule has 0 radical (unpaired) electrons. The lowest BCUT2D eigenvalue weighted by Gasteiger charge is -2.40. The zero-order valence-corrected chi connectivity index (χ0v) is 26.4. The van der Waals surface area contributed by atoms with Gasteiger partial charge >= 0.3 is 5.97 Å². The first-order valence-electron chi connectivity index (χ1n) is 14.2. The number of hydrogen-bond donors (Lipinski definition) is 1. The third-order valence-corrected chi connectivity index (χ3v) is 12.0. The quantitative estimate of drug-likeness (QED) is 0.217. The Balaban J connectivity index is 1.65. The van der Waals surface area contributed by atoms with Crippen molar-refractivity contribution in [1.82, 2.24) is 4.90 Å². The van der Waals surface area contributed by atoms with Gasteiger partial charge in [-0.25, -0.2) is 0 Å². The first kappa shape index (κ1) is 30.6. The van der Waals surface area contributed by atoms with E-state index in [9.17, 15) is 19.5 Å². The van der Waals surface area contributed by atoms with Gasteiger partial charge in [0, 0.05) is 22.3 Å². The van der Waals surface area contributed by atoms with Crippen LogP contribution in [0.2, 0.25) is 0 Å². The fourth-order valence-corrected chi connectivity index (χ4v) is 10.8. The Bertz CT molecular complexity index is 1370. The molecular formula is C33H37BrN2O5S. The number of fused-ring (bicyclic) bond motifs is 1. The number of para-hydroxylation sites is 1. The molecule has 2 bridgehead atoms. The standard InChI is InChI=1S/C33H37BrN2O5S/c1-5-15-35(27-20(3)11-10-12-21(27)4)31(39)29-33-18-24(34)28(42-33)25(32(40)41-16-6-2)26(33)30(38)36(29)23(19-37)17-22-13-8-7-9-14-22/h5-14,23-26,28-29,37H,1-2,15-19H2,3-4H3/t23-,24?,25+,26+,28+,29?,33?/m1/s1. The van der Waals surface area contributed by atoms with Gasteiger partial charge in [0.25, 0.3) is 5.91 Å². The third kappa shape index (κ3) is 5.03. The highest BCUT2D eigenvalue weighted by molar-refractivity contribution is 9.09. The van der Waals surface area contributed by atoms with Crippen LogP contribution >= 0.6 is 27.7 Å². The lowest BCUT2D eigenvalue weighted by molar-refractivity contribution is -0.153. The van der Waals surface area contributed by atoms with Crippen LogP contribution in [0.4, 0.5) is 5.69 Å². The molecule has 2 amide bonds. The van der Waals surface area contributed by atoms with Gasteiger partial charge in [0.2, 0.25) is 5.91 Å². The normalized spacial score (nSPS) is 28.3. The van der Waals surface area contributed by atoms with E-state index < -0.39 is 34.6 Å². The molecule has 3 heterocycles. The number of aliphatic hydroxyl groups is 1. The molecule has 3 aliphatic heterocycles. The van der Waals surface area contributed by atoms with Crippen LogP contribution < -0.4 is 4.90 Å². The van der Waals surface area contributed by atoms with Crippen molar-refractivity contribution in [1.29, 1.82) is 0 Å². The molecule has 7 nitrogen and oxygen atoms in total. The van der Waals surface area contributed by atoms with Gasteiger partial charge < -0.3 is 19.6 Å². The molecule has 1 N–H and O–H groups in total. The number of alkyl halides is 1. The van der Waals surface area contributed by atoms with Crippen molar-refractivity contribution in [3.05, 3.63) is 90.5 Å². The maximum atomic E-state index is 15.0. The number of aryl methyl sites for hydroxylation is 2. The summed E-state index contributed by atoms with van der Waals surface area (Å²) >= 11 is 5.35. The Morgan fingerprint density at radius 3 is 2.48 bits per heavy atom. The predicted octanol–water partition coefficient (Wildman–Crippen LogP) is 4.62. The molecule has 0 aliphatic carbocycles. The van der Waals surface area contributed by atoms with Crippen LogP contribution in [0.5, 0.6) is 0 Å². The van der Waals surface area contributed by atoms with Gasteiger partial charge in [0.1, 0.15) is 12.6 Å². The number of thioether (sulfide) groups is 1. The van der Waals surface area contributed by atoms with Gasteiger partial charge in [0.15, 0.2) is 0 Å². The molecular weight excluding hydrogens is 616 g/mol. The SMILES string of the molecule is C=CCOC(=O)[C@H]1[C@H]2C(=O)N([C@@H](CO)Cc3ccccc3)C(C(=O)N(CC=C)c3c(C)cccc3C)C23CC(Br)[C@@H]1S3. The van der Waals surface area contributed by atoms with Crippen LogP contribution in [0.25, 0.3) is 0 Å². The molecule has 2 aromatic carbocycles. The first-order chi connectivity index (χ1) is 20.2. The highest BCUT2D eigenvalue weighted by Gasteiger charge is 2.76.